The molecular formula is C12H12N2O2. The van der Waals surface area contributed by atoms with Crippen LogP contribution in [0.1, 0.15) is 28.9 Å². The molecule has 0 spiro atoms. The lowest BCUT2D eigenvalue weighted by Crippen LogP contribution is -2.26. The van der Waals surface area contributed by atoms with Crippen LogP contribution in [-0.4, -0.2) is 24.5 Å². The topological polar surface area (TPSA) is 53.3 Å². The molecule has 0 aromatic heterocycles. The van der Waals surface area contributed by atoms with Crippen molar-refractivity contribution >= 4 is 5.91 Å². The van der Waals surface area contributed by atoms with Crippen LogP contribution in [0.15, 0.2) is 18.2 Å². The lowest BCUT2D eigenvalue weighted by Gasteiger charge is -2.16. The van der Waals surface area contributed by atoms with Crippen LogP contribution in [0.25, 0.3) is 0 Å². The molecule has 0 saturated carbocycles. The van der Waals surface area contributed by atoms with Gasteiger partial charge >= 0.3 is 0 Å². The molecule has 4 nitrogen and oxygen atoms in total. The Kier molecular flexibility index (Phi) is 2.53. The first kappa shape index (κ1) is 10.5. The van der Waals surface area contributed by atoms with Gasteiger partial charge in [0.2, 0.25) is 0 Å². The summed E-state index contributed by atoms with van der Waals surface area (Å²) in [6, 6.07) is 7.01. The van der Waals surface area contributed by atoms with E-state index in [-0.39, 0.29) is 5.91 Å². The number of rotatable bonds is 2. The van der Waals surface area contributed by atoms with Crippen molar-refractivity contribution in [2.45, 2.75) is 13.0 Å². The number of ether oxygens (including phenoxy) is 1. The fraction of sp³-hybridized carbons (Fsp3) is 0.333. The molecule has 0 fully saturated rings. The van der Waals surface area contributed by atoms with Crippen LogP contribution in [-0.2, 0) is 0 Å². The summed E-state index contributed by atoms with van der Waals surface area (Å²) in [5.74, 6) is 0.417. The first-order valence-electron chi connectivity index (χ1n) is 5.12. The van der Waals surface area contributed by atoms with Crippen LogP contribution in [0.4, 0.5) is 0 Å². The highest BCUT2D eigenvalue weighted by Crippen LogP contribution is 2.37. The summed E-state index contributed by atoms with van der Waals surface area (Å²) in [5.41, 5.74) is 1.27. The fourth-order valence-electron chi connectivity index (χ4n) is 2.07. The third-order valence-electron chi connectivity index (χ3n) is 2.82. The molecule has 2 rings (SSSR count). The first-order chi connectivity index (χ1) is 7.74. The maximum Gasteiger partial charge on any atom is 0.259 e. The minimum Gasteiger partial charge on any atom is -0.496 e. The highest BCUT2D eigenvalue weighted by Gasteiger charge is 2.37. The zero-order chi connectivity index (χ0) is 11.7. The second-order valence-electron chi connectivity index (χ2n) is 3.55. The van der Waals surface area contributed by atoms with E-state index in [0.717, 1.165) is 5.56 Å². The van der Waals surface area contributed by atoms with E-state index in [1.807, 2.05) is 6.92 Å². The normalized spacial score (nSPS) is 18.2. The molecule has 1 atom stereocenters. The number of carbonyl (C=O) groups is 1. The van der Waals surface area contributed by atoms with E-state index < -0.39 is 6.04 Å². The standard InChI is InChI=1S/C12H12N2O2/c1-3-14-9(7-13)8-5-4-6-10(16-2)11(8)12(14)15/h4-6,9H,3H2,1-2H3. The maximum atomic E-state index is 12.1. The first-order valence-corrected chi connectivity index (χ1v) is 5.12. The summed E-state index contributed by atoms with van der Waals surface area (Å²) in [6.45, 7) is 2.38. The van der Waals surface area contributed by atoms with Gasteiger partial charge in [-0.1, -0.05) is 12.1 Å². The molecule has 4 heteroatoms. The maximum absolute atomic E-state index is 12.1. The molecule has 0 aliphatic carbocycles. The Bertz CT molecular complexity index is 476. The van der Waals surface area contributed by atoms with Gasteiger partial charge < -0.3 is 9.64 Å². The zero-order valence-corrected chi connectivity index (χ0v) is 9.23. The molecule has 0 bridgehead atoms. The molecular weight excluding hydrogens is 204 g/mol. The molecule has 16 heavy (non-hydrogen) atoms. The highest BCUT2D eigenvalue weighted by atomic mass is 16.5. The molecule has 82 valence electrons. The Morgan fingerprint density at radius 3 is 2.88 bits per heavy atom. The molecule has 1 aliphatic heterocycles. The number of carbonyl (C=O) groups excluding carboxylic acids is 1. The fourth-order valence-corrected chi connectivity index (χ4v) is 2.07. The van der Waals surface area contributed by atoms with Gasteiger partial charge in [-0.2, -0.15) is 5.26 Å². The van der Waals surface area contributed by atoms with Gasteiger partial charge in [0.15, 0.2) is 0 Å². The molecule has 0 saturated heterocycles. The SMILES string of the molecule is CCN1C(=O)c2c(OC)cccc2C1C#N. The summed E-state index contributed by atoms with van der Waals surface area (Å²) >= 11 is 0. The van der Waals surface area contributed by atoms with Gasteiger partial charge in [0, 0.05) is 12.1 Å². The van der Waals surface area contributed by atoms with E-state index in [1.54, 1.807) is 23.1 Å². The molecule has 1 aliphatic rings. The number of hydrogen-bond acceptors (Lipinski definition) is 3. The van der Waals surface area contributed by atoms with Crippen LogP contribution in [0.5, 0.6) is 5.75 Å². The van der Waals surface area contributed by atoms with Crippen molar-refractivity contribution in [1.82, 2.24) is 4.90 Å². The van der Waals surface area contributed by atoms with Crippen molar-refractivity contribution in [2.75, 3.05) is 13.7 Å². The summed E-state index contributed by atoms with van der Waals surface area (Å²) in [5, 5.41) is 9.11. The average Bonchev–Trinajstić information content (AvgIpc) is 2.61. The Balaban J connectivity index is 2.61. The van der Waals surface area contributed by atoms with Crippen molar-refractivity contribution in [3.05, 3.63) is 29.3 Å². The molecule has 1 amide bonds. The Hall–Kier alpha value is -2.02. The zero-order valence-electron chi connectivity index (χ0n) is 9.23. The van der Waals surface area contributed by atoms with Gasteiger partial charge in [-0.3, -0.25) is 4.79 Å². The minimum atomic E-state index is -0.484. The average molecular weight is 216 g/mol. The van der Waals surface area contributed by atoms with Crippen LogP contribution >= 0.6 is 0 Å². The Morgan fingerprint density at radius 1 is 1.56 bits per heavy atom. The van der Waals surface area contributed by atoms with E-state index in [0.29, 0.717) is 17.9 Å². The van der Waals surface area contributed by atoms with Crippen molar-refractivity contribution in [2.24, 2.45) is 0 Å². The van der Waals surface area contributed by atoms with Crippen molar-refractivity contribution in [3.63, 3.8) is 0 Å². The number of benzene rings is 1. The van der Waals surface area contributed by atoms with Crippen LogP contribution in [0.2, 0.25) is 0 Å². The lowest BCUT2D eigenvalue weighted by molar-refractivity contribution is 0.0765. The second-order valence-corrected chi connectivity index (χ2v) is 3.55. The largest absolute Gasteiger partial charge is 0.496 e. The number of fused-ring (bicyclic) bond motifs is 1. The molecule has 1 aromatic rings. The number of nitriles is 1. The lowest BCUT2D eigenvalue weighted by atomic mass is 10.0. The van der Waals surface area contributed by atoms with E-state index in [2.05, 4.69) is 6.07 Å². The van der Waals surface area contributed by atoms with E-state index in [1.165, 1.54) is 7.11 Å². The summed E-state index contributed by atoms with van der Waals surface area (Å²) < 4.78 is 5.16. The van der Waals surface area contributed by atoms with Crippen molar-refractivity contribution in [1.29, 1.82) is 5.26 Å². The Labute approximate surface area is 94.0 Å². The highest BCUT2D eigenvalue weighted by molar-refractivity contribution is 6.02. The summed E-state index contributed by atoms with van der Waals surface area (Å²) in [4.78, 5) is 13.6. The van der Waals surface area contributed by atoms with Crippen molar-refractivity contribution in [3.8, 4) is 11.8 Å². The van der Waals surface area contributed by atoms with Gasteiger partial charge in [0.25, 0.3) is 5.91 Å². The third-order valence-corrected chi connectivity index (χ3v) is 2.82. The van der Waals surface area contributed by atoms with Gasteiger partial charge in [0.05, 0.1) is 18.7 Å². The smallest absolute Gasteiger partial charge is 0.259 e. The predicted molar refractivity (Wildman–Crippen MR) is 58.1 cm³/mol. The van der Waals surface area contributed by atoms with Crippen LogP contribution < -0.4 is 4.74 Å². The monoisotopic (exact) mass is 216 g/mol. The van der Waals surface area contributed by atoms with Gasteiger partial charge in [-0.05, 0) is 13.0 Å². The van der Waals surface area contributed by atoms with E-state index in [9.17, 15) is 4.79 Å². The number of amides is 1. The molecule has 0 N–H and O–H groups in total. The van der Waals surface area contributed by atoms with Gasteiger partial charge in [0.1, 0.15) is 11.8 Å². The van der Waals surface area contributed by atoms with E-state index in [4.69, 9.17) is 10.00 Å². The van der Waals surface area contributed by atoms with Gasteiger partial charge in [-0.25, -0.2) is 0 Å². The Morgan fingerprint density at radius 2 is 2.31 bits per heavy atom. The molecule has 1 heterocycles. The quantitative estimate of drug-likeness (QED) is 0.756. The predicted octanol–water partition coefficient (Wildman–Crippen LogP) is 1.74. The number of nitrogens with zero attached hydrogens (tertiary/aromatic N) is 2. The van der Waals surface area contributed by atoms with Crippen LogP contribution in [0, 0.1) is 11.3 Å². The minimum absolute atomic E-state index is 0.124. The van der Waals surface area contributed by atoms with Gasteiger partial charge in [-0.15, -0.1) is 0 Å². The third kappa shape index (κ3) is 1.25. The summed E-state index contributed by atoms with van der Waals surface area (Å²) in [6.07, 6.45) is 0. The van der Waals surface area contributed by atoms with Crippen molar-refractivity contribution < 1.29 is 9.53 Å². The molecule has 0 radical (unpaired) electrons. The molecule has 1 aromatic carbocycles. The second kappa shape index (κ2) is 3.86. The number of hydrogen-bond donors (Lipinski definition) is 0. The van der Waals surface area contributed by atoms with E-state index >= 15 is 0 Å². The van der Waals surface area contributed by atoms with Crippen LogP contribution in [0.3, 0.4) is 0 Å². The summed E-state index contributed by atoms with van der Waals surface area (Å²) in [7, 11) is 1.53. The number of methoxy groups -OCH3 is 1. The molecule has 1 unspecified atom stereocenters.